The SMILES string of the molecule is CCCN1CCC(CNC(=O)Nc2cc(C(=O)Nc3ccccc3)ccc2C)CC1. The van der Waals surface area contributed by atoms with Crippen LogP contribution >= 0.6 is 0 Å². The molecule has 1 aliphatic heterocycles. The molecule has 30 heavy (non-hydrogen) atoms. The Labute approximate surface area is 179 Å². The van der Waals surface area contributed by atoms with Gasteiger partial charge in [0.15, 0.2) is 0 Å². The lowest BCUT2D eigenvalue weighted by molar-refractivity contribution is 0.102. The quantitative estimate of drug-likeness (QED) is 0.632. The molecule has 6 heteroatoms. The highest BCUT2D eigenvalue weighted by atomic mass is 16.2. The predicted octanol–water partition coefficient (Wildman–Crippen LogP) is 4.49. The highest BCUT2D eigenvalue weighted by Crippen LogP contribution is 2.19. The predicted molar refractivity (Wildman–Crippen MR) is 122 cm³/mol. The summed E-state index contributed by atoms with van der Waals surface area (Å²) in [6.07, 6.45) is 3.43. The number of nitrogens with zero attached hydrogens (tertiary/aromatic N) is 1. The maximum atomic E-state index is 12.5. The van der Waals surface area contributed by atoms with E-state index in [1.54, 1.807) is 12.1 Å². The van der Waals surface area contributed by atoms with Crippen molar-refractivity contribution < 1.29 is 9.59 Å². The Morgan fingerprint density at radius 3 is 2.47 bits per heavy atom. The van der Waals surface area contributed by atoms with E-state index < -0.39 is 0 Å². The maximum Gasteiger partial charge on any atom is 0.319 e. The van der Waals surface area contributed by atoms with Gasteiger partial charge in [-0.15, -0.1) is 0 Å². The number of anilines is 2. The van der Waals surface area contributed by atoms with Crippen LogP contribution in [0.4, 0.5) is 16.2 Å². The van der Waals surface area contributed by atoms with Gasteiger partial charge in [0.05, 0.1) is 0 Å². The normalized spacial score (nSPS) is 14.9. The second-order valence-corrected chi connectivity index (χ2v) is 7.97. The molecule has 1 heterocycles. The number of aryl methyl sites for hydroxylation is 1. The van der Waals surface area contributed by atoms with Gasteiger partial charge in [-0.05, 0) is 81.6 Å². The largest absolute Gasteiger partial charge is 0.338 e. The van der Waals surface area contributed by atoms with Gasteiger partial charge >= 0.3 is 6.03 Å². The third kappa shape index (κ3) is 6.32. The van der Waals surface area contributed by atoms with Gasteiger partial charge in [0, 0.05) is 23.5 Å². The van der Waals surface area contributed by atoms with Crippen LogP contribution in [0.3, 0.4) is 0 Å². The summed E-state index contributed by atoms with van der Waals surface area (Å²) in [6.45, 7) is 8.18. The molecule has 0 aromatic heterocycles. The van der Waals surface area contributed by atoms with Crippen LogP contribution in [0.25, 0.3) is 0 Å². The first kappa shape index (κ1) is 21.8. The summed E-state index contributed by atoms with van der Waals surface area (Å²) in [5.41, 5.74) is 2.80. The number of rotatable bonds is 7. The van der Waals surface area contributed by atoms with Gasteiger partial charge in [0.1, 0.15) is 0 Å². The van der Waals surface area contributed by atoms with Crippen molar-refractivity contribution in [2.45, 2.75) is 33.1 Å². The van der Waals surface area contributed by atoms with E-state index >= 15 is 0 Å². The number of amides is 3. The monoisotopic (exact) mass is 408 g/mol. The number of likely N-dealkylation sites (tertiary alicyclic amines) is 1. The number of para-hydroxylation sites is 1. The molecule has 3 rings (SSSR count). The van der Waals surface area contributed by atoms with Crippen LogP contribution in [0.5, 0.6) is 0 Å². The highest BCUT2D eigenvalue weighted by Gasteiger charge is 2.19. The van der Waals surface area contributed by atoms with Crippen molar-refractivity contribution in [1.82, 2.24) is 10.2 Å². The van der Waals surface area contributed by atoms with Gasteiger partial charge in [-0.3, -0.25) is 4.79 Å². The Hall–Kier alpha value is -2.86. The molecule has 3 amide bonds. The maximum absolute atomic E-state index is 12.5. The molecule has 0 atom stereocenters. The molecular weight excluding hydrogens is 376 g/mol. The molecule has 0 bridgehead atoms. The lowest BCUT2D eigenvalue weighted by Crippen LogP contribution is -2.40. The third-order valence-electron chi connectivity index (χ3n) is 5.58. The Balaban J connectivity index is 1.51. The van der Waals surface area contributed by atoms with E-state index in [9.17, 15) is 9.59 Å². The lowest BCUT2D eigenvalue weighted by Gasteiger charge is -2.31. The van der Waals surface area contributed by atoms with Crippen LogP contribution in [0.1, 0.15) is 42.1 Å². The number of hydrogen-bond donors (Lipinski definition) is 3. The molecule has 1 aliphatic rings. The van der Waals surface area contributed by atoms with E-state index in [1.165, 1.54) is 6.42 Å². The Bertz CT molecular complexity index is 846. The Kier molecular flexibility index (Phi) is 7.85. The topological polar surface area (TPSA) is 73.5 Å². The van der Waals surface area contributed by atoms with E-state index in [0.29, 0.717) is 23.7 Å². The zero-order valence-electron chi connectivity index (χ0n) is 17.9. The van der Waals surface area contributed by atoms with Crippen LogP contribution in [0.2, 0.25) is 0 Å². The van der Waals surface area contributed by atoms with Crippen LogP contribution < -0.4 is 16.0 Å². The van der Waals surface area contributed by atoms with Gasteiger partial charge < -0.3 is 20.9 Å². The number of benzene rings is 2. The summed E-state index contributed by atoms with van der Waals surface area (Å²) < 4.78 is 0. The first-order chi connectivity index (χ1) is 14.5. The summed E-state index contributed by atoms with van der Waals surface area (Å²) in [7, 11) is 0. The van der Waals surface area contributed by atoms with E-state index in [-0.39, 0.29) is 11.9 Å². The van der Waals surface area contributed by atoms with E-state index in [2.05, 4.69) is 27.8 Å². The highest BCUT2D eigenvalue weighted by molar-refractivity contribution is 6.05. The number of carbonyl (C=O) groups excluding carboxylic acids is 2. The molecule has 6 nitrogen and oxygen atoms in total. The number of hydrogen-bond acceptors (Lipinski definition) is 3. The summed E-state index contributed by atoms with van der Waals surface area (Å²) in [6, 6.07) is 14.4. The molecule has 0 unspecified atom stereocenters. The fourth-order valence-electron chi connectivity index (χ4n) is 3.76. The van der Waals surface area contributed by atoms with Crippen molar-refractivity contribution >= 4 is 23.3 Å². The first-order valence-corrected chi connectivity index (χ1v) is 10.8. The van der Waals surface area contributed by atoms with Crippen LogP contribution in [-0.4, -0.2) is 43.0 Å². The standard InChI is InChI=1S/C24H32N4O2/c1-3-13-28-14-11-19(12-15-28)17-25-24(30)27-22-16-20(10-9-18(22)2)23(29)26-21-7-5-4-6-8-21/h4-10,16,19H,3,11-15,17H2,1-2H3,(H,26,29)(H2,25,27,30). The average molecular weight is 409 g/mol. The molecule has 0 aliphatic carbocycles. The molecule has 2 aromatic rings. The zero-order chi connectivity index (χ0) is 21.3. The molecule has 0 radical (unpaired) electrons. The second kappa shape index (κ2) is 10.8. The van der Waals surface area contributed by atoms with Crippen molar-refractivity contribution in [2.24, 2.45) is 5.92 Å². The number of nitrogens with one attached hydrogen (secondary N) is 3. The summed E-state index contributed by atoms with van der Waals surface area (Å²) in [4.78, 5) is 27.4. The van der Waals surface area contributed by atoms with Crippen LogP contribution in [-0.2, 0) is 0 Å². The third-order valence-corrected chi connectivity index (χ3v) is 5.58. The fraction of sp³-hybridized carbons (Fsp3) is 0.417. The molecule has 2 aromatic carbocycles. The van der Waals surface area contributed by atoms with Gasteiger partial charge in [-0.25, -0.2) is 4.79 Å². The lowest BCUT2D eigenvalue weighted by atomic mass is 9.97. The minimum Gasteiger partial charge on any atom is -0.338 e. The average Bonchev–Trinajstić information content (AvgIpc) is 2.75. The summed E-state index contributed by atoms with van der Waals surface area (Å²) >= 11 is 0. The van der Waals surface area contributed by atoms with Crippen molar-refractivity contribution in [3.8, 4) is 0 Å². The van der Waals surface area contributed by atoms with Crippen molar-refractivity contribution in [2.75, 3.05) is 36.8 Å². The molecule has 3 N–H and O–H groups in total. The second-order valence-electron chi connectivity index (χ2n) is 7.97. The molecule has 1 saturated heterocycles. The van der Waals surface area contributed by atoms with Gasteiger partial charge in [0.25, 0.3) is 5.91 Å². The smallest absolute Gasteiger partial charge is 0.319 e. The van der Waals surface area contributed by atoms with E-state index in [4.69, 9.17) is 0 Å². The van der Waals surface area contributed by atoms with Gasteiger partial charge in [0.2, 0.25) is 0 Å². The minimum absolute atomic E-state index is 0.205. The fourth-order valence-corrected chi connectivity index (χ4v) is 3.76. The number of piperidine rings is 1. The molecular formula is C24H32N4O2. The van der Waals surface area contributed by atoms with Gasteiger partial charge in [-0.1, -0.05) is 31.2 Å². The molecule has 0 saturated carbocycles. The van der Waals surface area contributed by atoms with Crippen molar-refractivity contribution in [3.63, 3.8) is 0 Å². The Morgan fingerprint density at radius 1 is 1.03 bits per heavy atom. The van der Waals surface area contributed by atoms with Gasteiger partial charge in [-0.2, -0.15) is 0 Å². The zero-order valence-corrected chi connectivity index (χ0v) is 17.9. The molecule has 160 valence electrons. The van der Waals surface area contributed by atoms with Crippen molar-refractivity contribution in [1.29, 1.82) is 0 Å². The molecule has 1 fully saturated rings. The Morgan fingerprint density at radius 2 is 1.77 bits per heavy atom. The van der Waals surface area contributed by atoms with Crippen molar-refractivity contribution in [3.05, 3.63) is 59.7 Å². The number of carbonyl (C=O) groups is 2. The van der Waals surface area contributed by atoms with Crippen LogP contribution in [0.15, 0.2) is 48.5 Å². The number of urea groups is 1. The van der Waals surface area contributed by atoms with E-state index in [1.807, 2.05) is 43.3 Å². The van der Waals surface area contributed by atoms with Crippen LogP contribution in [0, 0.1) is 12.8 Å². The summed E-state index contributed by atoms with van der Waals surface area (Å²) in [5.74, 6) is 0.316. The summed E-state index contributed by atoms with van der Waals surface area (Å²) in [5, 5.41) is 8.76. The first-order valence-electron chi connectivity index (χ1n) is 10.8. The molecule has 0 spiro atoms. The minimum atomic E-state index is -0.227. The van der Waals surface area contributed by atoms with E-state index in [0.717, 1.165) is 43.7 Å².